The molecule has 3 aromatic rings. The maximum atomic E-state index is 12.8. The van der Waals surface area contributed by atoms with E-state index in [9.17, 15) is 4.79 Å². The Labute approximate surface area is 161 Å². The average molecular weight is 386 g/mol. The molecule has 2 atom stereocenters. The molecule has 1 aliphatic rings. The lowest BCUT2D eigenvalue weighted by molar-refractivity contribution is -0.121. The number of carbonyl (C=O) groups excluding carboxylic acids is 1. The molecule has 2 heterocycles. The van der Waals surface area contributed by atoms with E-state index in [1.165, 1.54) is 4.70 Å². The number of carbonyl (C=O) groups is 1. The quantitative estimate of drug-likeness (QED) is 0.678. The number of nitrogens with one attached hydrogen (secondary N) is 1. The summed E-state index contributed by atoms with van der Waals surface area (Å²) in [6.45, 7) is 2.86. The fraction of sp³-hybridized carbons (Fsp3) is 0.300. The lowest BCUT2D eigenvalue weighted by Crippen LogP contribution is -2.41. The Kier molecular flexibility index (Phi) is 4.94. The Morgan fingerprint density at radius 1 is 1.27 bits per heavy atom. The van der Waals surface area contributed by atoms with Crippen LogP contribution in [0.2, 0.25) is 5.02 Å². The highest BCUT2D eigenvalue weighted by Crippen LogP contribution is 2.37. The van der Waals surface area contributed by atoms with Gasteiger partial charge in [0.25, 0.3) is 0 Å². The van der Waals surface area contributed by atoms with Crippen LogP contribution in [0.3, 0.4) is 0 Å². The second-order valence-electron chi connectivity index (χ2n) is 6.56. The van der Waals surface area contributed by atoms with E-state index in [4.69, 9.17) is 16.6 Å². The molecule has 0 saturated carbocycles. The molecule has 4 nitrogen and oxygen atoms in total. The van der Waals surface area contributed by atoms with Gasteiger partial charge in [-0.3, -0.25) is 9.69 Å². The molecule has 134 valence electrons. The highest BCUT2D eigenvalue weighted by Gasteiger charge is 2.34. The molecule has 4 rings (SSSR count). The number of anilines is 1. The number of hydrogen-bond acceptors (Lipinski definition) is 4. The van der Waals surface area contributed by atoms with Crippen LogP contribution in [0.4, 0.5) is 5.69 Å². The summed E-state index contributed by atoms with van der Waals surface area (Å²) in [7, 11) is 0. The van der Waals surface area contributed by atoms with E-state index in [1.54, 1.807) is 17.4 Å². The Morgan fingerprint density at radius 3 is 2.85 bits per heavy atom. The number of benzene rings is 2. The third kappa shape index (κ3) is 3.34. The molecular weight excluding hydrogens is 366 g/mol. The maximum absolute atomic E-state index is 12.8. The van der Waals surface area contributed by atoms with Crippen molar-refractivity contribution in [2.45, 2.75) is 31.8 Å². The first-order chi connectivity index (χ1) is 12.6. The van der Waals surface area contributed by atoms with E-state index in [0.717, 1.165) is 29.9 Å². The molecule has 2 unspecified atom stereocenters. The molecule has 1 saturated heterocycles. The summed E-state index contributed by atoms with van der Waals surface area (Å²) in [6.07, 6.45) is 2.11. The van der Waals surface area contributed by atoms with Gasteiger partial charge in [0.2, 0.25) is 5.91 Å². The zero-order valence-corrected chi connectivity index (χ0v) is 16.1. The first-order valence-electron chi connectivity index (χ1n) is 8.80. The number of thiazole rings is 1. The molecule has 0 radical (unpaired) electrons. The van der Waals surface area contributed by atoms with Crippen LogP contribution in [-0.4, -0.2) is 28.4 Å². The van der Waals surface area contributed by atoms with Gasteiger partial charge in [0, 0.05) is 0 Å². The van der Waals surface area contributed by atoms with Gasteiger partial charge in [0.1, 0.15) is 5.01 Å². The van der Waals surface area contributed by atoms with Gasteiger partial charge >= 0.3 is 0 Å². The first kappa shape index (κ1) is 17.5. The molecule has 1 amide bonds. The molecule has 1 aliphatic heterocycles. The second kappa shape index (κ2) is 7.35. The number of halogens is 1. The fourth-order valence-electron chi connectivity index (χ4n) is 3.50. The molecule has 0 aliphatic carbocycles. The van der Waals surface area contributed by atoms with Gasteiger partial charge in [-0.1, -0.05) is 35.9 Å². The van der Waals surface area contributed by atoms with Crippen LogP contribution in [0, 0.1) is 0 Å². The van der Waals surface area contributed by atoms with Crippen LogP contribution >= 0.6 is 22.9 Å². The molecule has 1 N–H and O–H groups in total. The Bertz CT molecular complexity index is 908. The average Bonchev–Trinajstić information content (AvgIpc) is 3.29. The summed E-state index contributed by atoms with van der Waals surface area (Å²) in [5, 5.41) is 4.61. The predicted octanol–water partition coefficient (Wildman–Crippen LogP) is 5.11. The molecule has 0 bridgehead atoms. The normalized spacial score (nSPS) is 18.9. The van der Waals surface area contributed by atoms with Crippen LogP contribution < -0.4 is 5.32 Å². The molecule has 26 heavy (non-hydrogen) atoms. The topological polar surface area (TPSA) is 45.2 Å². The zero-order valence-electron chi connectivity index (χ0n) is 14.5. The van der Waals surface area contributed by atoms with Gasteiger partial charge in [0.15, 0.2) is 0 Å². The molecular formula is C20H20ClN3OS. The van der Waals surface area contributed by atoms with E-state index in [1.807, 2.05) is 43.3 Å². The predicted molar refractivity (Wildman–Crippen MR) is 108 cm³/mol. The zero-order chi connectivity index (χ0) is 18.1. The van der Waals surface area contributed by atoms with Crippen molar-refractivity contribution in [3.05, 3.63) is 58.6 Å². The van der Waals surface area contributed by atoms with E-state index < -0.39 is 0 Å². The number of amides is 1. The summed E-state index contributed by atoms with van der Waals surface area (Å²) in [4.78, 5) is 19.8. The number of fused-ring (bicyclic) bond motifs is 1. The number of likely N-dealkylation sites (tertiary alicyclic amines) is 1. The molecule has 6 heteroatoms. The number of hydrogen-bond donors (Lipinski definition) is 1. The van der Waals surface area contributed by atoms with Crippen molar-refractivity contribution in [1.82, 2.24) is 9.88 Å². The summed E-state index contributed by atoms with van der Waals surface area (Å²) in [5.74, 6) is -0.0360. The minimum Gasteiger partial charge on any atom is -0.323 e. The van der Waals surface area contributed by atoms with Gasteiger partial charge in [-0.15, -0.1) is 11.3 Å². The van der Waals surface area contributed by atoms with Crippen molar-refractivity contribution in [2.75, 3.05) is 11.9 Å². The SMILES string of the molecule is CC(C(=O)Nc1ccccc1Cl)N1CCCC1c1nc2ccccc2s1. The van der Waals surface area contributed by atoms with Crippen LogP contribution in [0.25, 0.3) is 10.2 Å². The molecule has 0 spiro atoms. The van der Waals surface area contributed by atoms with Gasteiger partial charge in [-0.25, -0.2) is 4.98 Å². The maximum Gasteiger partial charge on any atom is 0.241 e. The summed E-state index contributed by atoms with van der Waals surface area (Å²) in [5.41, 5.74) is 1.69. The van der Waals surface area contributed by atoms with Crippen molar-refractivity contribution in [1.29, 1.82) is 0 Å². The van der Waals surface area contributed by atoms with Crippen LogP contribution in [0.15, 0.2) is 48.5 Å². The highest BCUT2D eigenvalue weighted by molar-refractivity contribution is 7.18. The minimum absolute atomic E-state index is 0.0360. The Balaban J connectivity index is 1.53. The van der Waals surface area contributed by atoms with Crippen molar-refractivity contribution < 1.29 is 4.79 Å². The molecule has 2 aromatic carbocycles. The number of aromatic nitrogens is 1. The Morgan fingerprint density at radius 2 is 2.04 bits per heavy atom. The van der Waals surface area contributed by atoms with Gasteiger partial charge < -0.3 is 5.32 Å². The van der Waals surface area contributed by atoms with Gasteiger partial charge in [0.05, 0.1) is 33.0 Å². The van der Waals surface area contributed by atoms with Crippen LogP contribution in [0.1, 0.15) is 30.8 Å². The highest BCUT2D eigenvalue weighted by atomic mass is 35.5. The summed E-state index contributed by atoms with van der Waals surface area (Å²) >= 11 is 7.89. The van der Waals surface area contributed by atoms with Crippen molar-refractivity contribution in [2.24, 2.45) is 0 Å². The summed E-state index contributed by atoms with van der Waals surface area (Å²) in [6, 6.07) is 15.5. The number of nitrogens with zero attached hydrogens (tertiary/aromatic N) is 2. The molecule has 1 aromatic heterocycles. The van der Waals surface area contributed by atoms with Crippen molar-refractivity contribution in [3.8, 4) is 0 Å². The largest absolute Gasteiger partial charge is 0.323 e. The monoisotopic (exact) mass is 385 g/mol. The Hall–Kier alpha value is -1.95. The smallest absolute Gasteiger partial charge is 0.241 e. The first-order valence-corrected chi connectivity index (χ1v) is 9.99. The van der Waals surface area contributed by atoms with E-state index in [-0.39, 0.29) is 18.0 Å². The van der Waals surface area contributed by atoms with E-state index in [2.05, 4.69) is 16.3 Å². The molecule has 1 fully saturated rings. The van der Waals surface area contributed by atoms with Gasteiger partial charge in [-0.2, -0.15) is 0 Å². The minimum atomic E-state index is -0.245. The summed E-state index contributed by atoms with van der Waals surface area (Å²) < 4.78 is 1.20. The number of para-hydroxylation sites is 2. The fourth-order valence-corrected chi connectivity index (χ4v) is 4.81. The lowest BCUT2D eigenvalue weighted by atomic mass is 10.2. The number of rotatable bonds is 4. The lowest BCUT2D eigenvalue weighted by Gasteiger charge is -2.28. The standard InChI is InChI=1S/C20H20ClN3OS/c1-13(19(25)22-15-8-3-2-7-14(15)21)24-12-6-10-17(24)20-23-16-9-4-5-11-18(16)26-20/h2-5,7-9,11,13,17H,6,10,12H2,1H3,(H,22,25). The third-order valence-corrected chi connectivity index (χ3v) is 6.37. The van der Waals surface area contributed by atoms with Crippen LogP contribution in [0.5, 0.6) is 0 Å². The van der Waals surface area contributed by atoms with Crippen molar-refractivity contribution in [3.63, 3.8) is 0 Å². The van der Waals surface area contributed by atoms with E-state index >= 15 is 0 Å². The van der Waals surface area contributed by atoms with E-state index in [0.29, 0.717) is 10.7 Å². The van der Waals surface area contributed by atoms with Gasteiger partial charge in [-0.05, 0) is 50.6 Å². The van der Waals surface area contributed by atoms with Crippen LogP contribution in [-0.2, 0) is 4.79 Å². The third-order valence-electron chi connectivity index (χ3n) is 4.90. The van der Waals surface area contributed by atoms with Crippen molar-refractivity contribution >= 4 is 44.7 Å². The second-order valence-corrected chi connectivity index (χ2v) is 8.03.